The van der Waals surface area contributed by atoms with Crippen LogP contribution in [0.1, 0.15) is 51.1 Å². The van der Waals surface area contributed by atoms with Crippen LogP contribution < -0.4 is 4.74 Å². The summed E-state index contributed by atoms with van der Waals surface area (Å²) in [6, 6.07) is 2.06. The third-order valence-corrected chi connectivity index (χ3v) is 2.95. The van der Waals surface area contributed by atoms with Crippen LogP contribution >= 0.6 is 0 Å². The second kappa shape index (κ2) is 6.05. The Labute approximate surface area is 119 Å². The Bertz CT molecular complexity index is 564. The molecule has 1 unspecified atom stereocenters. The normalized spacial score (nSPS) is 12.9. The second-order valence-electron chi connectivity index (χ2n) is 5.34. The van der Waals surface area contributed by atoms with Crippen LogP contribution in [0.15, 0.2) is 31.0 Å². The quantitative estimate of drug-likeness (QED) is 0.911. The van der Waals surface area contributed by atoms with Crippen molar-refractivity contribution in [1.29, 1.82) is 0 Å². The van der Waals surface area contributed by atoms with Crippen LogP contribution in [0, 0.1) is 0 Å². The first-order valence-electron chi connectivity index (χ1n) is 6.80. The van der Waals surface area contributed by atoms with E-state index in [-0.39, 0.29) is 12.1 Å². The highest BCUT2D eigenvalue weighted by Crippen LogP contribution is 2.26. The van der Waals surface area contributed by atoms with Crippen molar-refractivity contribution in [3.05, 3.63) is 42.2 Å². The van der Waals surface area contributed by atoms with Crippen LogP contribution in [0.3, 0.4) is 0 Å². The molecular weight excluding hydrogens is 254 g/mol. The maximum Gasteiger partial charge on any atom is 0.138 e. The molecule has 1 N–H and O–H groups in total. The predicted molar refractivity (Wildman–Crippen MR) is 76.7 cm³/mol. The number of rotatable bonds is 5. The third-order valence-electron chi connectivity index (χ3n) is 2.95. The minimum atomic E-state index is -0.761. The van der Waals surface area contributed by atoms with Crippen LogP contribution in [-0.2, 0) is 0 Å². The van der Waals surface area contributed by atoms with Crippen molar-refractivity contribution in [3.8, 4) is 5.75 Å². The zero-order valence-corrected chi connectivity index (χ0v) is 12.3. The molecule has 2 aromatic rings. The summed E-state index contributed by atoms with van der Waals surface area (Å²) < 4.78 is 7.55. The van der Waals surface area contributed by atoms with Gasteiger partial charge in [-0.3, -0.25) is 4.98 Å². The van der Waals surface area contributed by atoms with E-state index in [4.69, 9.17) is 4.74 Å². The van der Waals surface area contributed by atoms with Gasteiger partial charge in [-0.1, -0.05) is 0 Å². The minimum Gasteiger partial charge on any atom is -0.489 e. The summed E-state index contributed by atoms with van der Waals surface area (Å²) in [6.45, 7) is 8.01. The van der Waals surface area contributed by atoms with Gasteiger partial charge in [-0.2, -0.15) is 0 Å². The average Bonchev–Trinajstić information content (AvgIpc) is 2.86. The lowest BCUT2D eigenvalue weighted by atomic mass is 10.1. The summed E-state index contributed by atoms with van der Waals surface area (Å²) in [5, 5.41) is 10.5. The number of aliphatic hydroxyl groups is 1. The molecule has 0 aliphatic rings. The Morgan fingerprint density at radius 3 is 2.50 bits per heavy atom. The van der Waals surface area contributed by atoms with Crippen molar-refractivity contribution < 1.29 is 9.84 Å². The molecule has 5 nitrogen and oxygen atoms in total. The molecule has 1 atom stereocenters. The molecule has 0 aliphatic carbocycles. The van der Waals surface area contributed by atoms with E-state index in [0.717, 1.165) is 5.69 Å². The fourth-order valence-corrected chi connectivity index (χ4v) is 2.05. The topological polar surface area (TPSA) is 60.2 Å². The average molecular weight is 275 g/mol. The maximum atomic E-state index is 10.5. The van der Waals surface area contributed by atoms with E-state index >= 15 is 0 Å². The number of hydrogen-bond acceptors (Lipinski definition) is 4. The van der Waals surface area contributed by atoms with Gasteiger partial charge in [0, 0.05) is 17.8 Å². The largest absolute Gasteiger partial charge is 0.489 e. The second-order valence-corrected chi connectivity index (χ2v) is 5.34. The van der Waals surface area contributed by atoms with Crippen molar-refractivity contribution >= 4 is 0 Å². The Kier molecular flexibility index (Phi) is 4.39. The van der Waals surface area contributed by atoms with E-state index in [1.807, 2.05) is 24.5 Å². The SMILES string of the molecule is CC(C)Oc1cncc(C(O)c2cncn2C(C)C)c1. The van der Waals surface area contributed by atoms with E-state index in [1.165, 1.54) is 0 Å². The summed E-state index contributed by atoms with van der Waals surface area (Å²) in [7, 11) is 0. The molecule has 0 bridgehead atoms. The van der Waals surface area contributed by atoms with Gasteiger partial charge in [0.05, 0.1) is 30.5 Å². The number of aromatic nitrogens is 3. The fraction of sp³-hybridized carbons (Fsp3) is 0.467. The van der Waals surface area contributed by atoms with Crippen LogP contribution in [0.5, 0.6) is 5.75 Å². The van der Waals surface area contributed by atoms with E-state index in [0.29, 0.717) is 11.3 Å². The fourth-order valence-electron chi connectivity index (χ4n) is 2.05. The molecule has 5 heteroatoms. The Hall–Kier alpha value is -1.88. The molecule has 20 heavy (non-hydrogen) atoms. The molecule has 0 radical (unpaired) electrons. The van der Waals surface area contributed by atoms with Crippen molar-refractivity contribution in [2.75, 3.05) is 0 Å². The number of aliphatic hydroxyl groups excluding tert-OH is 1. The van der Waals surface area contributed by atoms with Gasteiger partial charge in [0.15, 0.2) is 0 Å². The van der Waals surface area contributed by atoms with Crippen molar-refractivity contribution in [2.45, 2.75) is 45.9 Å². The number of hydrogen-bond donors (Lipinski definition) is 1. The number of ether oxygens (including phenoxy) is 1. The zero-order chi connectivity index (χ0) is 14.7. The summed E-state index contributed by atoms with van der Waals surface area (Å²) in [5.74, 6) is 0.659. The monoisotopic (exact) mass is 275 g/mol. The smallest absolute Gasteiger partial charge is 0.138 e. The van der Waals surface area contributed by atoms with Gasteiger partial charge >= 0.3 is 0 Å². The predicted octanol–water partition coefficient (Wildman–Crippen LogP) is 2.73. The highest BCUT2D eigenvalue weighted by Gasteiger charge is 2.17. The van der Waals surface area contributed by atoms with Gasteiger partial charge in [-0.05, 0) is 33.8 Å². The minimum absolute atomic E-state index is 0.0744. The molecular formula is C15H21N3O2. The van der Waals surface area contributed by atoms with E-state index < -0.39 is 6.10 Å². The van der Waals surface area contributed by atoms with Crippen molar-refractivity contribution in [3.63, 3.8) is 0 Å². The molecule has 0 saturated carbocycles. The van der Waals surface area contributed by atoms with E-state index in [1.54, 1.807) is 24.9 Å². The molecule has 108 valence electrons. The molecule has 0 aliphatic heterocycles. The zero-order valence-electron chi connectivity index (χ0n) is 12.3. The van der Waals surface area contributed by atoms with Gasteiger partial charge in [0.2, 0.25) is 0 Å². The summed E-state index contributed by atoms with van der Waals surface area (Å²) in [5.41, 5.74) is 1.45. The van der Waals surface area contributed by atoms with Crippen molar-refractivity contribution in [2.24, 2.45) is 0 Å². The number of imidazole rings is 1. The third kappa shape index (κ3) is 3.17. The first-order chi connectivity index (χ1) is 9.49. The lowest BCUT2D eigenvalue weighted by molar-refractivity contribution is 0.204. The van der Waals surface area contributed by atoms with Gasteiger partial charge in [-0.25, -0.2) is 4.98 Å². The van der Waals surface area contributed by atoms with Crippen molar-refractivity contribution in [1.82, 2.24) is 14.5 Å². The number of pyridine rings is 1. The van der Waals surface area contributed by atoms with Gasteiger partial charge in [-0.15, -0.1) is 0 Å². The van der Waals surface area contributed by atoms with Crippen LogP contribution in [0.2, 0.25) is 0 Å². The molecule has 0 fully saturated rings. The standard InChI is InChI=1S/C15H21N3O2/c1-10(2)18-9-17-8-14(18)15(19)12-5-13(7-16-6-12)20-11(3)4/h5-11,15,19H,1-4H3. The Morgan fingerprint density at radius 1 is 1.10 bits per heavy atom. The van der Waals surface area contributed by atoms with Crippen LogP contribution in [-0.4, -0.2) is 25.7 Å². The highest BCUT2D eigenvalue weighted by molar-refractivity contribution is 5.29. The van der Waals surface area contributed by atoms with Gasteiger partial charge in [0.1, 0.15) is 11.9 Å². The van der Waals surface area contributed by atoms with Crippen LogP contribution in [0.4, 0.5) is 0 Å². The Balaban J connectivity index is 2.28. The molecule has 2 aromatic heterocycles. The summed E-state index contributed by atoms with van der Waals surface area (Å²) >= 11 is 0. The number of nitrogens with zero attached hydrogens (tertiary/aromatic N) is 3. The first-order valence-corrected chi connectivity index (χ1v) is 6.80. The van der Waals surface area contributed by atoms with E-state index in [2.05, 4.69) is 23.8 Å². The van der Waals surface area contributed by atoms with Gasteiger partial charge < -0.3 is 14.4 Å². The molecule has 2 heterocycles. The highest BCUT2D eigenvalue weighted by atomic mass is 16.5. The lowest BCUT2D eigenvalue weighted by Crippen LogP contribution is -2.11. The van der Waals surface area contributed by atoms with Crippen LogP contribution in [0.25, 0.3) is 0 Å². The van der Waals surface area contributed by atoms with E-state index in [9.17, 15) is 5.11 Å². The molecule has 2 rings (SSSR count). The molecule has 0 spiro atoms. The Morgan fingerprint density at radius 2 is 1.85 bits per heavy atom. The summed E-state index contributed by atoms with van der Waals surface area (Å²) in [4.78, 5) is 8.24. The molecule has 0 saturated heterocycles. The molecule has 0 aromatic carbocycles. The molecule has 0 amide bonds. The first kappa shape index (κ1) is 14.5. The maximum absolute atomic E-state index is 10.5. The summed E-state index contributed by atoms with van der Waals surface area (Å²) in [6.07, 6.45) is 6.02. The van der Waals surface area contributed by atoms with Gasteiger partial charge in [0.25, 0.3) is 0 Å². The lowest BCUT2D eigenvalue weighted by Gasteiger charge is -2.17.